The maximum atomic E-state index is 5.41. The van der Waals surface area contributed by atoms with Crippen LogP contribution in [0.2, 0.25) is 0 Å². The second-order valence-electron chi connectivity index (χ2n) is 2.36. The zero-order chi connectivity index (χ0) is 7.28. The molecule has 0 aromatic carbocycles. The van der Waals surface area contributed by atoms with Crippen LogP contribution in [0.3, 0.4) is 0 Å². The molecule has 9 heavy (non-hydrogen) atoms. The quantitative estimate of drug-likeness (QED) is 0.351. The van der Waals surface area contributed by atoms with E-state index in [2.05, 4.69) is 23.8 Å². The van der Waals surface area contributed by atoms with E-state index < -0.39 is 0 Å². The number of amidine groups is 1. The molecular weight excluding hydrogens is 116 g/mol. The van der Waals surface area contributed by atoms with E-state index in [1.165, 1.54) is 7.11 Å². The molecule has 3 heteroatoms. The van der Waals surface area contributed by atoms with Gasteiger partial charge in [0.05, 0.1) is 0 Å². The van der Waals surface area contributed by atoms with E-state index in [0.717, 1.165) is 6.42 Å². The van der Waals surface area contributed by atoms with E-state index in [9.17, 15) is 0 Å². The van der Waals surface area contributed by atoms with E-state index in [1.807, 2.05) is 0 Å². The molecule has 0 saturated carbocycles. The van der Waals surface area contributed by atoms with Gasteiger partial charge in [0.1, 0.15) is 12.9 Å². The highest BCUT2D eigenvalue weighted by Gasteiger charge is 1.96. The Balaban J connectivity index is 3.49. The van der Waals surface area contributed by atoms with Crippen molar-refractivity contribution in [1.29, 1.82) is 0 Å². The van der Waals surface area contributed by atoms with Gasteiger partial charge in [0.25, 0.3) is 0 Å². The van der Waals surface area contributed by atoms with E-state index in [0.29, 0.717) is 11.8 Å². The number of oxime groups is 1. The van der Waals surface area contributed by atoms with Crippen molar-refractivity contribution in [3.8, 4) is 0 Å². The van der Waals surface area contributed by atoms with Gasteiger partial charge in [-0.15, -0.1) is 0 Å². The standard InChI is InChI=1S/C6H14N2O/c1-5(2)4-6(7)8-9-3/h5H,4H2,1-3H3,(H2,7,8). The Morgan fingerprint density at radius 2 is 2.22 bits per heavy atom. The summed E-state index contributed by atoms with van der Waals surface area (Å²) in [5.41, 5.74) is 5.41. The molecule has 0 atom stereocenters. The summed E-state index contributed by atoms with van der Waals surface area (Å²) in [6.45, 7) is 4.16. The van der Waals surface area contributed by atoms with Crippen molar-refractivity contribution in [1.82, 2.24) is 0 Å². The lowest BCUT2D eigenvalue weighted by atomic mass is 10.1. The van der Waals surface area contributed by atoms with Crippen molar-refractivity contribution in [3.63, 3.8) is 0 Å². The maximum Gasteiger partial charge on any atom is 0.139 e. The predicted octanol–water partition coefficient (Wildman–Crippen LogP) is 0.951. The third-order valence-electron chi connectivity index (χ3n) is 0.826. The molecule has 0 aromatic heterocycles. The van der Waals surface area contributed by atoms with Crippen molar-refractivity contribution in [3.05, 3.63) is 0 Å². The summed E-state index contributed by atoms with van der Waals surface area (Å²) in [7, 11) is 1.49. The van der Waals surface area contributed by atoms with E-state index in [4.69, 9.17) is 5.73 Å². The van der Waals surface area contributed by atoms with Crippen molar-refractivity contribution in [2.24, 2.45) is 16.8 Å². The SMILES string of the molecule is CO/N=C(\N)CC(C)C. The minimum absolute atomic E-state index is 0.545. The Hall–Kier alpha value is -0.730. The summed E-state index contributed by atoms with van der Waals surface area (Å²) in [5, 5.41) is 3.56. The summed E-state index contributed by atoms with van der Waals surface area (Å²) in [6, 6.07) is 0. The van der Waals surface area contributed by atoms with Gasteiger partial charge < -0.3 is 10.6 Å². The lowest BCUT2D eigenvalue weighted by Crippen LogP contribution is -2.14. The molecule has 0 heterocycles. The summed E-state index contributed by atoms with van der Waals surface area (Å²) in [4.78, 5) is 4.47. The second-order valence-corrected chi connectivity index (χ2v) is 2.36. The molecule has 0 radical (unpaired) electrons. The summed E-state index contributed by atoms with van der Waals surface area (Å²) in [5.74, 6) is 1.11. The lowest BCUT2D eigenvalue weighted by Gasteiger charge is -2.00. The minimum Gasteiger partial charge on any atom is -0.398 e. The van der Waals surface area contributed by atoms with Gasteiger partial charge in [-0.05, 0) is 5.92 Å². The molecule has 54 valence electrons. The average Bonchev–Trinajstić information content (AvgIpc) is 1.63. The first kappa shape index (κ1) is 8.27. The first-order valence-corrected chi connectivity index (χ1v) is 3.02. The normalized spacial score (nSPS) is 12.2. The molecule has 0 rings (SSSR count). The summed E-state index contributed by atoms with van der Waals surface area (Å²) in [6.07, 6.45) is 0.799. The first-order valence-electron chi connectivity index (χ1n) is 3.02. The molecule has 2 N–H and O–H groups in total. The van der Waals surface area contributed by atoms with Crippen molar-refractivity contribution >= 4 is 5.84 Å². The van der Waals surface area contributed by atoms with Crippen molar-refractivity contribution in [2.45, 2.75) is 20.3 Å². The Labute approximate surface area is 55.9 Å². The third kappa shape index (κ3) is 5.14. The summed E-state index contributed by atoms with van der Waals surface area (Å²) >= 11 is 0. The van der Waals surface area contributed by atoms with Crippen LogP contribution < -0.4 is 5.73 Å². The van der Waals surface area contributed by atoms with Crippen LogP contribution in [0, 0.1) is 5.92 Å². The van der Waals surface area contributed by atoms with Gasteiger partial charge in [-0.3, -0.25) is 0 Å². The number of hydrogen-bond donors (Lipinski definition) is 1. The molecule has 0 saturated heterocycles. The minimum atomic E-state index is 0.545. The van der Waals surface area contributed by atoms with Crippen LogP contribution in [0.1, 0.15) is 20.3 Å². The predicted molar refractivity (Wildman–Crippen MR) is 38.1 cm³/mol. The Bertz CT molecular complexity index is 99.2. The van der Waals surface area contributed by atoms with Crippen LogP contribution >= 0.6 is 0 Å². The number of nitrogens with two attached hydrogens (primary N) is 1. The highest BCUT2D eigenvalue weighted by molar-refractivity contribution is 5.79. The van der Waals surface area contributed by atoms with E-state index in [-0.39, 0.29) is 0 Å². The molecule has 0 aliphatic rings. The Kier molecular flexibility index (Phi) is 3.84. The van der Waals surface area contributed by atoms with E-state index >= 15 is 0 Å². The lowest BCUT2D eigenvalue weighted by molar-refractivity contribution is 0.211. The first-order chi connectivity index (χ1) is 4.16. The number of hydrogen-bond acceptors (Lipinski definition) is 2. The fraction of sp³-hybridized carbons (Fsp3) is 0.833. The topological polar surface area (TPSA) is 47.6 Å². The van der Waals surface area contributed by atoms with Crippen LogP contribution in [-0.4, -0.2) is 12.9 Å². The van der Waals surface area contributed by atoms with Gasteiger partial charge >= 0.3 is 0 Å². The van der Waals surface area contributed by atoms with Crippen molar-refractivity contribution < 1.29 is 4.84 Å². The molecule has 3 nitrogen and oxygen atoms in total. The maximum absolute atomic E-state index is 5.41. The second kappa shape index (κ2) is 4.18. The molecular formula is C6H14N2O. The number of nitrogens with zero attached hydrogens (tertiary/aromatic N) is 1. The van der Waals surface area contributed by atoms with Crippen LogP contribution in [0.15, 0.2) is 5.16 Å². The molecule has 0 aromatic rings. The van der Waals surface area contributed by atoms with Crippen LogP contribution in [0.25, 0.3) is 0 Å². The highest BCUT2D eigenvalue weighted by Crippen LogP contribution is 1.97. The van der Waals surface area contributed by atoms with Gasteiger partial charge in [0.2, 0.25) is 0 Å². The largest absolute Gasteiger partial charge is 0.398 e. The molecule has 0 fully saturated rings. The fourth-order valence-corrected chi connectivity index (χ4v) is 0.573. The molecule has 0 spiro atoms. The molecule has 0 aliphatic carbocycles. The number of rotatable bonds is 3. The monoisotopic (exact) mass is 130 g/mol. The molecule has 0 amide bonds. The highest BCUT2D eigenvalue weighted by atomic mass is 16.6. The zero-order valence-electron chi connectivity index (χ0n) is 6.22. The summed E-state index contributed by atoms with van der Waals surface area (Å²) < 4.78 is 0. The fourth-order valence-electron chi connectivity index (χ4n) is 0.573. The van der Waals surface area contributed by atoms with Gasteiger partial charge in [-0.25, -0.2) is 0 Å². The third-order valence-corrected chi connectivity index (χ3v) is 0.826. The van der Waals surface area contributed by atoms with Crippen LogP contribution in [-0.2, 0) is 4.84 Å². The van der Waals surface area contributed by atoms with Gasteiger partial charge in [-0.1, -0.05) is 19.0 Å². The van der Waals surface area contributed by atoms with Crippen molar-refractivity contribution in [2.75, 3.05) is 7.11 Å². The zero-order valence-corrected chi connectivity index (χ0v) is 6.22. The molecule has 0 aliphatic heterocycles. The molecule has 0 unspecified atom stereocenters. The Morgan fingerprint density at radius 3 is 2.56 bits per heavy atom. The van der Waals surface area contributed by atoms with Gasteiger partial charge in [0, 0.05) is 6.42 Å². The van der Waals surface area contributed by atoms with Crippen LogP contribution in [0.4, 0.5) is 0 Å². The van der Waals surface area contributed by atoms with Gasteiger partial charge in [0.15, 0.2) is 0 Å². The Morgan fingerprint density at radius 1 is 1.67 bits per heavy atom. The van der Waals surface area contributed by atoms with E-state index in [1.54, 1.807) is 0 Å². The van der Waals surface area contributed by atoms with Crippen LogP contribution in [0.5, 0.6) is 0 Å². The average molecular weight is 130 g/mol. The smallest absolute Gasteiger partial charge is 0.139 e. The molecule has 0 bridgehead atoms. The van der Waals surface area contributed by atoms with Gasteiger partial charge in [-0.2, -0.15) is 0 Å².